The van der Waals surface area contributed by atoms with Gasteiger partial charge in [0.15, 0.2) is 0 Å². The van der Waals surface area contributed by atoms with E-state index in [4.69, 9.17) is 0 Å². The molecule has 14 rings (SSSR count). The van der Waals surface area contributed by atoms with Crippen molar-refractivity contribution in [2.45, 2.75) is 58.8 Å². The van der Waals surface area contributed by atoms with Gasteiger partial charge in [0.2, 0.25) is 0 Å². The second-order valence-corrected chi connectivity index (χ2v) is 23.6. The monoisotopic (exact) mass is 990 g/mol. The van der Waals surface area contributed by atoms with Gasteiger partial charge in [-0.3, -0.25) is 0 Å². The maximum Gasteiger partial charge on any atom is 0.0689 e. The first-order valence-corrected chi connectivity index (χ1v) is 27.5. The summed E-state index contributed by atoms with van der Waals surface area (Å²) in [5.41, 5.74) is 26.0. The molecule has 1 aromatic heterocycles. The van der Waals surface area contributed by atoms with E-state index in [9.17, 15) is 0 Å². The molecular formula is C75H62N2. The van der Waals surface area contributed by atoms with E-state index in [0.29, 0.717) is 5.92 Å². The molecule has 2 unspecified atom stereocenters. The molecule has 372 valence electrons. The van der Waals surface area contributed by atoms with Crippen LogP contribution in [-0.4, -0.2) is 4.57 Å². The number of fused-ring (bicyclic) bond motifs is 12. The summed E-state index contributed by atoms with van der Waals surface area (Å²) in [5.74, 6) is 0.387. The Labute approximate surface area is 454 Å². The molecule has 3 aliphatic carbocycles. The number of anilines is 3. The molecule has 2 atom stereocenters. The summed E-state index contributed by atoms with van der Waals surface area (Å²) in [6.07, 6.45) is 5.98. The predicted octanol–water partition coefficient (Wildman–Crippen LogP) is 20.3. The molecule has 3 aliphatic rings. The molecule has 0 bridgehead atoms. The molecular weight excluding hydrogens is 929 g/mol. The molecule has 77 heavy (non-hydrogen) atoms. The fraction of sp³-hybridized carbons (Fsp3) is 0.147. The smallest absolute Gasteiger partial charge is 0.0689 e. The highest BCUT2D eigenvalue weighted by atomic mass is 15.1. The Bertz CT molecular complexity index is 4150. The van der Waals surface area contributed by atoms with Crippen LogP contribution in [0.5, 0.6) is 0 Å². The van der Waals surface area contributed by atoms with Crippen molar-refractivity contribution in [1.29, 1.82) is 0 Å². The summed E-state index contributed by atoms with van der Waals surface area (Å²) in [7, 11) is 0. The zero-order valence-electron chi connectivity index (χ0n) is 44.9. The maximum atomic E-state index is 2.58. The molecule has 10 aromatic carbocycles. The molecule has 0 N–H and O–H groups in total. The van der Waals surface area contributed by atoms with Crippen LogP contribution in [-0.2, 0) is 10.8 Å². The average molecular weight is 991 g/mol. The van der Waals surface area contributed by atoms with Crippen LogP contribution in [0.1, 0.15) is 75.8 Å². The average Bonchev–Trinajstić information content (AvgIpc) is 3.71. The Morgan fingerprint density at radius 3 is 1.66 bits per heavy atom. The first kappa shape index (κ1) is 46.8. The van der Waals surface area contributed by atoms with Crippen molar-refractivity contribution in [3.05, 3.63) is 282 Å². The fourth-order valence-corrected chi connectivity index (χ4v) is 13.5. The zero-order chi connectivity index (χ0) is 52.2. The molecule has 2 nitrogen and oxygen atoms in total. The molecule has 0 amide bonds. The van der Waals surface area contributed by atoms with E-state index in [2.05, 4.69) is 300 Å². The van der Waals surface area contributed by atoms with Crippen LogP contribution in [0.2, 0.25) is 0 Å². The Kier molecular flexibility index (Phi) is 10.7. The molecule has 1 heterocycles. The molecule has 0 saturated carbocycles. The van der Waals surface area contributed by atoms with Crippen molar-refractivity contribution >= 4 is 44.4 Å². The van der Waals surface area contributed by atoms with E-state index in [1.165, 1.54) is 99.7 Å². The van der Waals surface area contributed by atoms with Gasteiger partial charge in [0, 0.05) is 33.3 Å². The van der Waals surface area contributed by atoms with Gasteiger partial charge in [-0.1, -0.05) is 242 Å². The highest BCUT2D eigenvalue weighted by molar-refractivity contribution is 6.10. The molecule has 0 fully saturated rings. The van der Waals surface area contributed by atoms with E-state index in [1.807, 2.05) is 0 Å². The summed E-state index contributed by atoms with van der Waals surface area (Å²) in [6, 6.07) is 88.8. The number of nitrogens with zero attached hydrogens (tertiary/aromatic N) is 2. The molecule has 11 aromatic rings. The largest absolute Gasteiger partial charge is 0.309 e. The predicted molar refractivity (Wildman–Crippen MR) is 326 cm³/mol. The summed E-state index contributed by atoms with van der Waals surface area (Å²) in [4.78, 5) is 2.58. The third kappa shape index (κ3) is 7.22. The number of hydrogen-bond acceptors (Lipinski definition) is 1. The molecule has 2 heteroatoms. The van der Waals surface area contributed by atoms with E-state index in [1.54, 1.807) is 0 Å². The van der Waals surface area contributed by atoms with E-state index < -0.39 is 5.41 Å². The van der Waals surface area contributed by atoms with Gasteiger partial charge in [0.05, 0.1) is 27.8 Å². The van der Waals surface area contributed by atoms with Gasteiger partial charge < -0.3 is 9.47 Å². The van der Waals surface area contributed by atoms with Crippen molar-refractivity contribution in [2.24, 2.45) is 11.3 Å². The second-order valence-electron chi connectivity index (χ2n) is 23.6. The standard InChI is InChI=1S/C75H62N2/c1-73(2,3)50-39-45-58-59-46-40-51(74(4,5)6)48-67(59)75(66(58)47-50)64-33-18-14-32-63(64)72-65(75)34-22-38-71(72)77(53-43-41-52(42-44-53)76-69-36-20-16-30-61(69)62-31-17-21-37-70(62)76)68-35-19-15-29-60(68)57-28-13-12-27-56(57)55-26-11-10-25-54(55)49-23-8-7-9-24-49/h7-47,51H,48H2,1-6H3. The van der Waals surface area contributed by atoms with Gasteiger partial charge in [-0.2, -0.15) is 0 Å². The highest BCUT2D eigenvalue weighted by Crippen LogP contribution is 2.67. The lowest BCUT2D eigenvalue weighted by Gasteiger charge is -2.38. The number of para-hydroxylation sites is 3. The summed E-state index contributed by atoms with van der Waals surface area (Å²) in [6.45, 7) is 14.3. The van der Waals surface area contributed by atoms with E-state index in [-0.39, 0.29) is 10.8 Å². The summed E-state index contributed by atoms with van der Waals surface area (Å²) in [5, 5.41) is 2.51. The van der Waals surface area contributed by atoms with Gasteiger partial charge >= 0.3 is 0 Å². The zero-order valence-corrected chi connectivity index (χ0v) is 44.9. The Morgan fingerprint density at radius 2 is 0.987 bits per heavy atom. The first-order chi connectivity index (χ1) is 37.5. The fourth-order valence-electron chi connectivity index (χ4n) is 13.5. The van der Waals surface area contributed by atoms with Crippen molar-refractivity contribution in [2.75, 3.05) is 4.90 Å². The topological polar surface area (TPSA) is 8.17 Å². The SMILES string of the molecule is CC(C)(C)c1ccc2c(c1)C1(C3=C2C=CC(C(C)(C)C)C3)c2ccccc2-c2c(N(c3ccc(-n4c5ccccc5c5ccccc54)cc3)c3ccccc3-c3ccccc3-c3ccccc3-c3ccccc3)cccc21. The third-order valence-corrected chi connectivity index (χ3v) is 17.3. The normalized spacial score (nSPS) is 16.5. The van der Waals surface area contributed by atoms with Gasteiger partial charge in [-0.05, 0) is 144 Å². The van der Waals surface area contributed by atoms with E-state index in [0.717, 1.165) is 34.7 Å². The number of benzene rings is 10. The summed E-state index contributed by atoms with van der Waals surface area (Å²) < 4.78 is 2.42. The number of aromatic nitrogens is 1. The van der Waals surface area contributed by atoms with Crippen LogP contribution in [0.25, 0.3) is 77.6 Å². The molecule has 0 radical (unpaired) electrons. The van der Waals surface area contributed by atoms with Crippen LogP contribution in [0.15, 0.2) is 254 Å². The van der Waals surface area contributed by atoms with Crippen LogP contribution in [0.4, 0.5) is 17.1 Å². The van der Waals surface area contributed by atoms with E-state index >= 15 is 0 Å². The van der Waals surface area contributed by atoms with Crippen molar-refractivity contribution in [3.8, 4) is 50.2 Å². The minimum atomic E-state index is -0.485. The van der Waals surface area contributed by atoms with Crippen LogP contribution in [0, 0.1) is 11.3 Å². The maximum absolute atomic E-state index is 2.58. The first-order valence-electron chi connectivity index (χ1n) is 27.5. The Morgan fingerprint density at radius 1 is 0.442 bits per heavy atom. The number of allylic oxidation sites excluding steroid dienone is 4. The van der Waals surface area contributed by atoms with Gasteiger partial charge in [0.25, 0.3) is 0 Å². The molecule has 0 aliphatic heterocycles. The van der Waals surface area contributed by atoms with Gasteiger partial charge in [-0.25, -0.2) is 0 Å². The van der Waals surface area contributed by atoms with Gasteiger partial charge in [-0.15, -0.1) is 0 Å². The van der Waals surface area contributed by atoms with Crippen molar-refractivity contribution < 1.29 is 0 Å². The Balaban J connectivity index is 1.04. The number of rotatable bonds is 7. The van der Waals surface area contributed by atoms with Crippen molar-refractivity contribution in [3.63, 3.8) is 0 Å². The van der Waals surface area contributed by atoms with Crippen LogP contribution < -0.4 is 4.90 Å². The highest BCUT2D eigenvalue weighted by Gasteiger charge is 2.55. The lowest BCUT2D eigenvalue weighted by Crippen LogP contribution is -2.31. The summed E-state index contributed by atoms with van der Waals surface area (Å²) >= 11 is 0. The minimum Gasteiger partial charge on any atom is -0.309 e. The molecule has 0 saturated heterocycles. The lowest BCUT2D eigenvalue weighted by atomic mass is 9.64. The molecule has 1 spiro atoms. The minimum absolute atomic E-state index is 0.0320. The third-order valence-electron chi connectivity index (χ3n) is 17.3. The van der Waals surface area contributed by atoms with Crippen molar-refractivity contribution in [1.82, 2.24) is 4.57 Å². The van der Waals surface area contributed by atoms with Gasteiger partial charge in [0.1, 0.15) is 0 Å². The quantitative estimate of drug-likeness (QED) is 0.154. The number of hydrogen-bond donors (Lipinski definition) is 0. The Hall–Kier alpha value is -8.72. The lowest BCUT2D eigenvalue weighted by molar-refractivity contribution is 0.285. The van der Waals surface area contributed by atoms with Crippen LogP contribution in [0.3, 0.4) is 0 Å². The second kappa shape index (κ2) is 17.7. The van der Waals surface area contributed by atoms with Crippen LogP contribution >= 0.6 is 0 Å².